The van der Waals surface area contributed by atoms with Crippen LogP contribution in [-0.2, 0) is 20.8 Å². The minimum absolute atomic E-state index is 0.0563. The number of rotatable bonds is 14. The number of nitrogens with zero attached hydrogens (tertiary/aromatic N) is 2. The number of carbonyl (C=O) groups is 3. The van der Waals surface area contributed by atoms with E-state index in [1.54, 1.807) is 13.1 Å². The highest BCUT2D eigenvalue weighted by atomic mass is 35.5. The second-order valence-electron chi connectivity index (χ2n) is 9.95. The number of benzene rings is 1. The minimum atomic E-state index is -0.569. The van der Waals surface area contributed by atoms with Crippen molar-refractivity contribution in [3.05, 3.63) is 40.4 Å². The third-order valence-corrected chi connectivity index (χ3v) is 9.37. The van der Waals surface area contributed by atoms with E-state index in [0.29, 0.717) is 36.4 Å². The number of thioether (sulfide) groups is 1. The van der Waals surface area contributed by atoms with Crippen LogP contribution in [0.2, 0.25) is 5.02 Å². The largest absolute Gasteiger partial charge is 0.359 e. The predicted octanol–water partition coefficient (Wildman–Crippen LogP) is 4.73. The summed E-state index contributed by atoms with van der Waals surface area (Å²) < 4.78 is 0.950. The first kappa shape index (κ1) is 30.6. The van der Waals surface area contributed by atoms with E-state index < -0.39 is 5.92 Å². The lowest BCUT2D eigenvalue weighted by molar-refractivity contribution is -0.131. The van der Waals surface area contributed by atoms with Gasteiger partial charge in [0.15, 0.2) is 5.78 Å². The number of thiazole rings is 1. The quantitative estimate of drug-likeness (QED) is 0.315. The molecule has 1 saturated heterocycles. The van der Waals surface area contributed by atoms with Crippen LogP contribution in [0.3, 0.4) is 0 Å². The first-order chi connectivity index (χ1) is 18.2. The van der Waals surface area contributed by atoms with E-state index in [4.69, 9.17) is 11.6 Å². The second kappa shape index (κ2) is 15.0. The topological polar surface area (TPSA) is 91.4 Å². The monoisotopic (exact) mass is 578 g/mol. The molecule has 0 saturated carbocycles. The molecule has 2 N–H and O–H groups in total. The number of hydrogen-bond acceptors (Lipinski definition) is 7. The normalized spacial score (nSPS) is 16.5. The highest BCUT2D eigenvalue weighted by Crippen LogP contribution is 2.28. The maximum Gasteiger partial charge on any atom is 0.224 e. The average molecular weight is 579 g/mol. The van der Waals surface area contributed by atoms with Crippen LogP contribution in [0.25, 0.3) is 10.2 Å². The lowest BCUT2D eigenvalue weighted by atomic mass is 9.91. The molecule has 0 aliphatic carbocycles. The van der Waals surface area contributed by atoms with Gasteiger partial charge in [-0.25, -0.2) is 4.98 Å². The fourth-order valence-electron chi connectivity index (χ4n) is 4.49. The first-order valence-electron chi connectivity index (χ1n) is 13.3. The first-order valence-corrected chi connectivity index (χ1v) is 15.6. The summed E-state index contributed by atoms with van der Waals surface area (Å²) in [7, 11) is 1.57. The molecule has 2 aromatic rings. The number of halogens is 1. The summed E-state index contributed by atoms with van der Waals surface area (Å²) in [6.45, 7) is 10.8. The van der Waals surface area contributed by atoms with Crippen molar-refractivity contribution in [1.82, 2.24) is 20.5 Å². The van der Waals surface area contributed by atoms with Crippen LogP contribution in [0, 0.1) is 11.8 Å². The van der Waals surface area contributed by atoms with E-state index in [1.165, 1.54) is 11.3 Å². The molecule has 208 valence electrons. The van der Waals surface area contributed by atoms with Gasteiger partial charge < -0.3 is 10.6 Å². The molecule has 7 nitrogen and oxygen atoms in total. The summed E-state index contributed by atoms with van der Waals surface area (Å²) in [6, 6.07) is 5.34. The van der Waals surface area contributed by atoms with Gasteiger partial charge in [0.05, 0.1) is 21.1 Å². The fourth-order valence-corrected chi connectivity index (χ4v) is 6.79. The van der Waals surface area contributed by atoms with Crippen molar-refractivity contribution in [3.63, 3.8) is 0 Å². The zero-order valence-electron chi connectivity index (χ0n) is 22.6. The van der Waals surface area contributed by atoms with E-state index in [9.17, 15) is 14.4 Å². The molecule has 0 spiro atoms. The van der Waals surface area contributed by atoms with Gasteiger partial charge in [0, 0.05) is 74.1 Å². The molecule has 3 rings (SSSR count). The number of amides is 2. The van der Waals surface area contributed by atoms with Crippen molar-refractivity contribution in [3.8, 4) is 0 Å². The van der Waals surface area contributed by atoms with Crippen molar-refractivity contribution in [2.45, 2.75) is 52.0 Å². The standard InChI is InChI=1S/C28H39ClN4O3S2/c1-5-18(2)22(8-9-24(34)19(3)17-33-10-12-37-13-11-33)32-28(36)20(14-26(35)30-4)15-27-31-23-7-6-21(29)16-25(23)38-27/h6-7,16,18,20,22H,3,5,8-15,17H2,1-2,4H3,(H,30,35)(H,32,36)/t18-,20-,22+/m0/s1. The van der Waals surface area contributed by atoms with Gasteiger partial charge in [-0.05, 0) is 30.5 Å². The molecule has 38 heavy (non-hydrogen) atoms. The van der Waals surface area contributed by atoms with Crippen molar-refractivity contribution >= 4 is 62.5 Å². The molecule has 0 bridgehead atoms. The fraction of sp³-hybridized carbons (Fsp3) is 0.571. The van der Waals surface area contributed by atoms with Gasteiger partial charge in [-0.15, -0.1) is 11.3 Å². The molecule has 0 radical (unpaired) electrons. The molecule has 1 fully saturated rings. The van der Waals surface area contributed by atoms with Crippen LogP contribution in [0.15, 0.2) is 30.4 Å². The Balaban J connectivity index is 1.65. The minimum Gasteiger partial charge on any atom is -0.359 e. The van der Waals surface area contributed by atoms with Crippen LogP contribution in [0.4, 0.5) is 0 Å². The van der Waals surface area contributed by atoms with Crippen LogP contribution in [-0.4, -0.2) is 71.7 Å². The zero-order valence-corrected chi connectivity index (χ0v) is 24.9. The molecule has 0 unspecified atom stereocenters. The van der Waals surface area contributed by atoms with Crippen LogP contribution in [0.5, 0.6) is 0 Å². The molecule has 1 aromatic heterocycles. The van der Waals surface area contributed by atoms with Gasteiger partial charge in [-0.3, -0.25) is 19.3 Å². The lowest BCUT2D eigenvalue weighted by Crippen LogP contribution is -2.44. The van der Waals surface area contributed by atoms with Crippen LogP contribution in [0.1, 0.15) is 44.5 Å². The Hall–Kier alpha value is -1.94. The van der Waals surface area contributed by atoms with Gasteiger partial charge in [-0.2, -0.15) is 11.8 Å². The second-order valence-corrected chi connectivity index (χ2v) is 12.7. The van der Waals surface area contributed by atoms with E-state index >= 15 is 0 Å². The summed E-state index contributed by atoms with van der Waals surface area (Å²) in [6.07, 6.45) is 2.17. The van der Waals surface area contributed by atoms with E-state index in [0.717, 1.165) is 46.2 Å². The maximum absolute atomic E-state index is 13.5. The SMILES string of the molecule is C=C(CN1CCSCC1)C(=O)CC[C@@H](NC(=O)[C@@H](CC(=O)NC)Cc1nc2ccc(Cl)cc2s1)[C@@H](C)CC. The van der Waals surface area contributed by atoms with Gasteiger partial charge in [0.25, 0.3) is 0 Å². The maximum atomic E-state index is 13.5. The summed E-state index contributed by atoms with van der Waals surface area (Å²) in [5.74, 6) is 1.47. The number of Topliss-reactive ketones (excluding diaryl/α,β-unsaturated/α-hetero) is 1. The number of nitrogens with one attached hydrogen (secondary N) is 2. The summed E-state index contributed by atoms with van der Waals surface area (Å²) in [5.41, 5.74) is 1.47. The Kier molecular flexibility index (Phi) is 12.1. The van der Waals surface area contributed by atoms with Crippen molar-refractivity contribution in [2.24, 2.45) is 11.8 Å². The number of aromatic nitrogens is 1. The van der Waals surface area contributed by atoms with Crippen molar-refractivity contribution in [2.75, 3.05) is 38.2 Å². The number of ketones is 1. The average Bonchev–Trinajstić information content (AvgIpc) is 3.31. The van der Waals surface area contributed by atoms with Crippen molar-refractivity contribution in [1.29, 1.82) is 0 Å². The summed E-state index contributed by atoms with van der Waals surface area (Å²) >= 11 is 9.55. The number of carbonyl (C=O) groups excluding carboxylic acids is 3. The Morgan fingerprint density at radius 2 is 1.97 bits per heavy atom. The van der Waals surface area contributed by atoms with Gasteiger partial charge >= 0.3 is 0 Å². The lowest BCUT2D eigenvalue weighted by Gasteiger charge is -2.28. The Morgan fingerprint density at radius 3 is 2.66 bits per heavy atom. The molecule has 1 aliphatic rings. The summed E-state index contributed by atoms with van der Waals surface area (Å²) in [5, 5.41) is 7.23. The molecule has 2 amide bonds. The molecule has 3 atom stereocenters. The van der Waals surface area contributed by atoms with Crippen LogP contribution < -0.4 is 10.6 Å². The van der Waals surface area contributed by atoms with Gasteiger partial charge in [0.1, 0.15) is 0 Å². The Morgan fingerprint density at radius 1 is 1.24 bits per heavy atom. The smallest absolute Gasteiger partial charge is 0.224 e. The molecule has 10 heteroatoms. The number of hydrogen-bond donors (Lipinski definition) is 2. The number of fused-ring (bicyclic) bond motifs is 1. The predicted molar refractivity (Wildman–Crippen MR) is 159 cm³/mol. The molecule has 1 aromatic carbocycles. The van der Waals surface area contributed by atoms with Crippen LogP contribution >= 0.6 is 34.7 Å². The van der Waals surface area contributed by atoms with Crippen molar-refractivity contribution < 1.29 is 14.4 Å². The third-order valence-electron chi connectivity index (χ3n) is 7.15. The Bertz CT molecular complexity index is 1130. The van der Waals surface area contributed by atoms with E-state index in [1.807, 2.05) is 23.9 Å². The molecule has 1 aliphatic heterocycles. The molecular formula is C28H39ClN4O3S2. The van der Waals surface area contributed by atoms with Gasteiger partial charge in [0.2, 0.25) is 11.8 Å². The highest BCUT2D eigenvalue weighted by molar-refractivity contribution is 7.99. The molecular weight excluding hydrogens is 540 g/mol. The van der Waals surface area contributed by atoms with E-state index in [-0.39, 0.29) is 36.0 Å². The van der Waals surface area contributed by atoms with Gasteiger partial charge in [-0.1, -0.05) is 38.4 Å². The van der Waals surface area contributed by atoms with E-state index in [2.05, 4.69) is 40.9 Å². The summed E-state index contributed by atoms with van der Waals surface area (Å²) in [4.78, 5) is 45.6. The Labute approximate surface area is 239 Å². The molecule has 2 heterocycles. The highest BCUT2D eigenvalue weighted by Gasteiger charge is 2.28. The zero-order chi connectivity index (χ0) is 27.7. The third kappa shape index (κ3) is 9.07.